The van der Waals surface area contributed by atoms with Crippen LogP contribution in [0.4, 0.5) is 8.78 Å². The molecule has 4 aromatic carbocycles. The first-order chi connectivity index (χ1) is 30.3. The summed E-state index contributed by atoms with van der Waals surface area (Å²) in [5, 5.41) is 5.77. The molecule has 0 spiro atoms. The molecule has 5 heterocycles. The largest absolute Gasteiger partial charge is 0.329 e. The lowest BCUT2D eigenvalue weighted by Gasteiger charge is -2.47. The quantitative estimate of drug-likeness (QED) is 0.117. The number of nitrogens with one attached hydrogen (secondary N) is 1. The second-order valence-corrected chi connectivity index (χ2v) is 16.6. The standard InChI is InChI=1S/C53H52F2N6O.ClH/c1-5-15-37-25-27-57-51-47(37)49(45(60(51)41-19-9-7-10-20-41)31-39-17-13-23-43(54)35(39)3)53(33-56-29-30-59(53)34-62)50-46(32-40-18-14-24-44(55)36(40)4)61(42-21-11-8-12-22-42)52-48(50)38(16-6-2)26-28-58-52;/h7-14,17-28,34,56H,5-6,15-16,29-33H2,1-4H3;1H. The molecule has 1 amide bonds. The second kappa shape index (κ2) is 18.3. The van der Waals surface area contributed by atoms with E-state index >= 15 is 8.78 Å². The van der Waals surface area contributed by atoms with Crippen LogP contribution in [0.5, 0.6) is 0 Å². The molecule has 0 radical (unpaired) electrons. The van der Waals surface area contributed by atoms with E-state index in [1.54, 1.807) is 12.1 Å². The van der Waals surface area contributed by atoms with Gasteiger partial charge in [0.15, 0.2) is 0 Å². The van der Waals surface area contributed by atoms with Gasteiger partial charge < -0.3 is 10.2 Å². The zero-order chi connectivity index (χ0) is 43.0. The number of fused-ring (bicyclic) bond motifs is 2. The normalized spacial score (nSPS) is 13.7. The van der Waals surface area contributed by atoms with Gasteiger partial charge in [-0.1, -0.05) is 87.4 Å². The second-order valence-electron chi connectivity index (χ2n) is 16.6. The highest BCUT2D eigenvalue weighted by Crippen LogP contribution is 2.51. The van der Waals surface area contributed by atoms with Gasteiger partial charge in [-0.15, -0.1) is 12.4 Å². The van der Waals surface area contributed by atoms with E-state index in [2.05, 4.69) is 64.7 Å². The maximum absolute atomic E-state index is 15.6. The smallest absolute Gasteiger partial charge is 0.210 e. The molecule has 1 saturated heterocycles. The van der Waals surface area contributed by atoms with Crippen LogP contribution in [0.15, 0.2) is 122 Å². The zero-order valence-corrected chi connectivity index (χ0v) is 37.1. The number of aromatic nitrogens is 4. The first-order valence-electron chi connectivity index (χ1n) is 21.9. The lowest BCUT2D eigenvalue weighted by Crippen LogP contribution is -2.59. The third kappa shape index (κ3) is 7.41. The molecule has 1 aliphatic heterocycles. The molecule has 9 rings (SSSR count). The number of piperazine rings is 1. The van der Waals surface area contributed by atoms with Gasteiger partial charge in [0, 0.05) is 89.5 Å². The first-order valence-corrected chi connectivity index (χ1v) is 21.9. The van der Waals surface area contributed by atoms with Crippen molar-refractivity contribution in [3.05, 3.63) is 189 Å². The number of hydrogen-bond acceptors (Lipinski definition) is 4. The molecule has 10 heteroatoms. The number of halogens is 3. The summed E-state index contributed by atoms with van der Waals surface area (Å²) in [4.78, 5) is 26.7. The maximum Gasteiger partial charge on any atom is 0.210 e. The molecule has 1 aliphatic rings. The van der Waals surface area contributed by atoms with E-state index in [9.17, 15) is 4.79 Å². The summed E-state index contributed by atoms with van der Waals surface area (Å²) in [6.45, 7) is 9.43. The minimum absolute atomic E-state index is 0. The molecule has 7 nitrogen and oxygen atoms in total. The number of carbonyl (C=O) groups is 1. The summed E-state index contributed by atoms with van der Waals surface area (Å²) < 4.78 is 35.8. The Morgan fingerprint density at radius 1 is 0.635 bits per heavy atom. The molecule has 4 aromatic heterocycles. The molecule has 0 unspecified atom stereocenters. The summed E-state index contributed by atoms with van der Waals surface area (Å²) in [6.07, 6.45) is 8.84. The monoisotopic (exact) mass is 862 g/mol. The minimum Gasteiger partial charge on any atom is -0.329 e. The van der Waals surface area contributed by atoms with Crippen LogP contribution in [-0.2, 0) is 36.0 Å². The number of aryl methyl sites for hydroxylation is 2. The van der Waals surface area contributed by atoms with Gasteiger partial charge in [0.2, 0.25) is 6.41 Å². The summed E-state index contributed by atoms with van der Waals surface area (Å²) in [7, 11) is 0. The van der Waals surface area contributed by atoms with Gasteiger partial charge in [0.25, 0.3) is 0 Å². The summed E-state index contributed by atoms with van der Waals surface area (Å²) in [5.74, 6) is -0.539. The summed E-state index contributed by atoms with van der Waals surface area (Å²) in [5.41, 5.74) is 11.0. The Labute approximate surface area is 374 Å². The number of carbonyl (C=O) groups excluding carboxylic acids is 1. The van der Waals surface area contributed by atoms with Crippen LogP contribution in [-0.4, -0.2) is 50.0 Å². The highest BCUT2D eigenvalue weighted by molar-refractivity contribution is 5.95. The Morgan fingerprint density at radius 3 is 1.52 bits per heavy atom. The van der Waals surface area contributed by atoms with E-state index in [4.69, 9.17) is 9.97 Å². The molecule has 63 heavy (non-hydrogen) atoms. The van der Waals surface area contributed by atoms with Crippen LogP contribution in [0.25, 0.3) is 33.4 Å². The van der Waals surface area contributed by atoms with Gasteiger partial charge >= 0.3 is 0 Å². The van der Waals surface area contributed by atoms with Crippen molar-refractivity contribution in [1.82, 2.24) is 29.3 Å². The van der Waals surface area contributed by atoms with Crippen molar-refractivity contribution in [1.29, 1.82) is 0 Å². The van der Waals surface area contributed by atoms with Crippen molar-refractivity contribution in [3.63, 3.8) is 0 Å². The Morgan fingerprint density at radius 2 is 1.10 bits per heavy atom. The van der Waals surface area contributed by atoms with Crippen molar-refractivity contribution in [2.45, 2.75) is 71.8 Å². The Kier molecular flexibility index (Phi) is 12.6. The van der Waals surface area contributed by atoms with Crippen molar-refractivity contribution in [3.8, 4) is 11.4 Å². The number of amides is 1. The molecule has 322 valence electrons. The highest BCUT2D eigenvalue weighted by Gasteiger charge is 2.50. The van der Waals surface area contributed by atoms with Gasteiger partial charge in [-0.05, 0) is 109 Å². The third-order valence-electron chi connectivity index (χ3n) is 13.0. The van der Waals surface area contributed by atoms with Crippen molar-refractivity contribution >= 4 is 40.9 Å². The maximum atomic E-state index is 15.6. The van der Waals surface area contributed by atoms with Crippen molar-refractivity contribution < 1.29 is 13.6 Å². The minimum atomic E-state index is -1.17. The van der Waals surface area contributed by atoms with Crippen LogP contribution in [0.3, 0.4) is 0 Å². The average Bonchev–Trinajstić information content (AvgIpc) is 3.81. The SMILES string of the molecule is CCCc1ccnc2c1c(C1(c3c(Cc4cccc(F)c4C)n(-c4ccccc4)c4nccc(CCC)c34)CNCCN1C=O)c(Cc1cccc(F)c1C)n2-c1ccccc1.Cl. The molecular weight excluding hydrogens is 810 g/mol. The predicted octanol–water partition coefficient (Wildman–Crippen LogP) is 11.1. The van der Waals surface area contributed by atoms with Gasteiger partial charge in [-0.3, -0.25) is 13.9 Å². The van der Waals surface area contributed by atoms with Crippen LogP contribution < -0.4 is 5.32 Å². The summed E-state index contributed by atoms with van der Waals surface area (Å²) >= 11 is 0. The van der Waals surface area contributed by atoms with Gasteiger partial charge in [0.05, 0.1) is 0 Å². The number of rotatable bonds is 13. The predicted molar refractivity (Wildman–Crippen MR) is 252 cm³/mol. The number of hydrogen-bond donors (Lipinski definition) is 1. The zero-order valence-electron chi connectivity index (χ0n) is 36.3. The molecule has 0 aliphatic carbocycles. The van der Waals surface area contributed by atoms with Crippen LogP contribution in [0.1, 0.15) is 82.6 Å². The molecule has 1 fully saturated rings. The first kappa shape index (κ1) is 43.5. The summed E-state index contributed by atoms with van der Waals surface area (Å²) in [6, 6.07) is 35.3. The highest BCUT2D eigenvalue weighted by atomic mass is 35.5. The molecular formula is C53H53ClF2N6O. The third-order valence-corrected chi connectivity index (χ3v) is 13.0. The lowest BCUT2D eigenvalue weighted by molar-refractivity contribution is -0.124. The van der Waals surface area contributed by atoms with Crippen LogP contribution >= 0.6 is 12.4 Å². The topological polar surface area (TPSA) is 68.0 Å². The van der Waals surface area contributed by atoms with Gasteiger partial charge in [-0.25, -0.2) is 18.7 Å². The number of para-hydroxylation sites is 2. The van der Waals surface area contributed by atoms with E-state index in [1.807, 2.05) is 79.7 Å². The fourth-order valence-corrected chi connectivity index (χ4v) is 10.1. The number of pyridine rings is 2. The van der Waals surface area contributed by atoms with Crippen LogP contribution in [0.2, 0.25) is 0 Å². The van der Waals surface area contributed by atoms with Gasteiger partial charge in [0.1, 0.15) is 28.5 Å². The van der Waals surface area contributed by atoms with Crippen LogP contribution in [0, 0.1) is 25.5 Å². The molecule has 8 aromatic rings. The average molecular weight is 863 g/mol. The number of nitrogens with zero attached hydrogens (tertiary/aromatic N) is 5. The fraction of sp³-hybridized carbons (Fsp3) is 0.264. The molecule has 0 atom stereocenters. The van der Waals surface area contributed by atoms with E-state index in [0.717, 1.165) is 110 Å². The van der Waals surface area contributed by atoms with Crippen molar-refractivity contribution in [2.24, 2.45) is 0 Å². The van der Waals surface area contributed by atoms with E-state index < -0.39 is 5.54 Å². The van der Waals surface area contributed by atoms with Gasteiger partial charge in [-0.2, -0.15) is 0 Å². The Balaban J connectivity index is 0.00000544. The lowest BCUT2D eigenvalue weighted by atomic mass is 9.74. The Bertz CT molecular complexity index is 2740. The molecule has 1 N–H and O–H groups in total. The Hall–Kier alpha value is -6.16. The van der Waals surface area contributed by atoms with Crippen molar-refractivity contribution in [2.75, 3.05) is 19.6 Å². The van der Waals surface area contributed by atoms with E-state index in [1.165, 1.54) is 12.1 Å². The molecule has 0 saturated carbocycles. The fourth-order valence-electron chi connectivity index (χ4n) is 10.1. The van der Waals surface area contributed by atoms with E-state index in [0.29, 0.717) is 43.6 Å². The number of benzene rings is 4. The van der Waals surface area contributed by atoms with E-state index in [-0.39, 0.29) is 24.0 Å². The molecule has 0 bridgehead atoms.